The van der Waals surface area contributed by atoms with Crippen molar-refractivity contribution >= 4 is 11.6 Å². The molecule has 1 saturated heterocycles. The Morgan fingerprint density at radius 1 is 1.14 bits per heavy atom. The minimum Gasteiger partial charge on any atom is -0.481 e. The second kappa shape index (κ2) is 7.58. The lowest BCUT2D eigenvalue weighted by atomic mass is 9.67. The lowest BCUT2D eigenvalue weighted by molar-refractivity contribution is -0.189. The highest BCUT2D eigenvalue weighted by molar-refractivity contribution is 6.00. The summed E-state index contributed by atoms with van der Waals surface area (Å²) in [5, 5.41) is 10.6. The van der Waals surface area contributed by atoms with Crippen LogP contribution in [-0.2, 0) is 4.79 Å². The van der Waals surface area contributed by atoms with Crippen LogP contribution in [0.5, 0.6) is 5.75 Å². The van der Waals surface area contributed by atoms with Gasteiger partial charge in [-0.15, -0.1) is 0 Å². The predicted molar refractivity (Wildman–Crippen MR) is 100 cm³/mol. The molecule has 7 heteroatoms. The highest BCUT2D eigenvalue weighted by Crippen LogP contribution is 2.49. The summed E-state index contributed by atoms with van der Waals surface area (Å²) >= 11 is 0. The molecule has 1 atom stereocenters. The number of nitrogens with zero attached hydrogens (tertiary/aromatic N) is 1. The van der Waals surface area contributed by atoms with Gasteiger partial charge < -0.3 is 14.7 Å². The van der Waals surface area contributed by atoms with Crippen LogP contribution in [0.4, 0.5) is 18.9 Å². The van der Waals surface area contributed by atoms with Crippen LogP contribution in [0.15, 0.2) is 24.3 Å². The molecular weight excluding hydrogens is 371 g/mol. The number of aliphatic hydroxyl groups is 1. The molecule has 0 aromatic heterocycles. The van der Waals surface area contributed by atoms with Gasteiger partial charge in [0, 0.05) is 12.2 Å². The second-order valence-electron chi connectivity index (χ2n) is 8.26. The van der Waals surface area contributed by atoms with Crippen LogP contribution in [0.1, 0.15) is 58.8 Å². The van der Waals surface area contributed by atoms with Crippen molar-refractivity contribution in [3.05, 3.63) is 24.3 Å². The smallest absolute Gasteiger partial charge is 0.425 e. The van der Waals surface area contributed by atoms with Crippen molar-refractivity contribution < 1.29 is 27.8 Å². The minimum absolute atomic E-state index is 0.0587. The van der Waals surface area contributed by atoms with E-state index in [0.29, 0.717) is 37.9 Å². The SMILES string of the molecule is CCCC1(O)CCC2(CCN(c3ccc(O[C@H](C)C(F)(F)F)cc3)C2=O)CC1. The number of alkyl halides is 3. The maximum absolute atomic E-state index is 13.1. The Kier molecular flexibility index (Phi) is 5.67. The number of ether oxygens (including phenoxy) is 1. The topological polar surface area (TPSA) is 49.8 Å². The molecule has 1 spiro atoms. The summed E-state index contributed by atoms with van der Waals surface area (Å²) in [5.41, 5.74) is -0.398. The van der Waals surface area contributed by atoms with E-state index in [-0.39, 0.29) is 11.7 Å². The molecule has 2 fully saturated rings. The van der Waals surface area contributed by atoms with Crippen LogP contribution in [0.25, 0.3) is 0 Å². The van der Waals surface area contributed by atoms with Crippen molar-refractivity contribution in [2.45, 2.75) is 76.7 Å². The maximum Gasteiger partial charge on any atom is 0.425 e. The summed E-state index contributed by atoms with van der Waals surface area (Å²) in [4.78, 5) is 14.8. The highest BCUT2D eigenvalue weighted by atomic mass is 19.4. The Labute approximate surface area is 163 Å². The van der Waals surface area contributed by atoms with Gasteiger partial charge in [0.2, 0.25) is 5.91 Å². The van der Waals surface area contributed by atoms with Gasteiger partial charge in [0.15, 0.2) is 6.10 Å². The van der Waals surface area contributed by atoms with Gasteiger partial charge in [0.1, 0.15) is 5.75 Å². The van der Waals surface area contributed by atoms with Gasteiger partial charge in [-0.2, -0.15) is 13.2 Å². The fraction of sp³-hybridized carbons (Fsp3) is 0.667. The van der Waals surface area contributed by atoms with E-state index in [0.717, 1.165) is 26.2 Å². The van der Waals surface area contributed by atoms with E-state index >= 15 is 0 Å². The molecule has 3 rings (SSSR count). The van der Waals surface area contributed by atoms with E-state index in [1.165, 1.54) is 12.1 Å². The first-order valence-corrected chi connectivity index (χ1v) is 9.96. The standard InChI is InChI=1S/C21H28F3NO3/c1-3-8-20(27)11-9-19(10-12-20)13-14-25(18(19)26)16-4-6-17(7-5-16)28-15(2)21(22,23)24/h4-7,15,27H,3,8-14H2,1-2H3/t15-,19?,20?/m1/s1. The Hall–Kier alpha value is -1.76. The molecule has 0 unspecified atom stereocenters. The van der Waals surface area contributed by atoms with Crippen molar-refractivity contribution in [2.75, 3.05) is 11.4 Å². The monoisotopic (exact) mass is 399 g/mol. The number of anilines is 1. The molecule has 4 nitrogen and oxygen atoms in total. The lowest BCUT2D eigenvalue weighted by Gasteiger charge is -2.41. The molecule has 0 radical (unpaired) electrons. The minimum atomic E-state index is -4.42. The number of halogens is 3. The van der Waals surface area contributed by atoms with E-state index in [2.05, 4.69) is 0 Å². The largest absolute Gasteiger partial charge is 0.481 e. The third kappa shape index (κ3) is 4.14. The van der Waals surface area contributed by atoms with Gasteiger partial charge in [-0.3, -0.25) is 4.79 Å². The first-order valence-electron chi connectivity index (χ1n) is 9.96. The van der Waals surface area contributed by atoms with Crippen LogP contribution < -0.4 is 9.64 Å². The molecule has 1 heterocycles. The average Bonchev–Trinajstić information content (AvgIpc) is 2.95. The number of hydrogen-bond acceptors (Lipinski definition) is 3. The van der Waals surface area contributed by atoms with E-state index < -0.39 is 23.3 Å². The molecule has 2 aliphatic rings. The predicted octanol–water partition coefficient (Wildman–Crippen LogP) is 4.84. The van der Waals surface area contributed by atoms with Crippen molar-refractivity contribution in [1.82, 2.24) is 0 Å². The summed E-state index contributed by atoms with van der Waals surface area (Å²) < 4.78 is 42.8. The molecule has 1 aliphatic heterocycles. The zero-order valence-corrected chi connectivity index (χ0v) is 16.4. The summed E-state index contributed by atoms with van der Waals surface area (Å²) in [6, 6.07) is 6.20. The third-order valence-corrected chi connectivity index (χ3v) is 6.29. The Bertz CT molecular complexity index is 694. The van der Waals surface area contributed by atoms with Crippen molar-refractivity contribution in [1.29, 1.82) is 0 Å². The Morgan fingerprint density at radius 2 is 1.75 bits per heavy atom. The van der Waals surface area contributed by atoms with Gasteiger partial charge in [-0.05, 0) is 69.7 Å². The van der Waals surface area contributed by atoms with Gasteiger partial charge in [0.25, 0.3) is 0 Å². The van der Waals surface area contributed by atoms with E-state index in [1.54, 1.807) is 17.0 Å². The number of carbonyl (C=O) groups is 1. The maximum atomic E-state index is 13.1. The van der Waals surface area contributed by atoms with Gasteiger partial charge in [0.05, 0.1) is 11.0 Å². The average molecular weight is 399 g/mol. The fourth-order valence-electron chi connectivity index (χ4n) is 4.42. The van der Waals surface area contributed by atoms with E-state index in [9.17, 15) is 23.1 Å². The molecule has 156 valence electrons. The summed E-state index contributed by atoms with van der Waals surface area (Å²) in [6.45, 7) is 3.60. The molecule has 28 heavy (non-hydrogen) atoms. The van der Waals surface area contributed by atoms with E-state index in [1.807, 2.05) is 6.92 Å². The quantitative estimate of drug-likeness (QED) is 0.770. The normalized spacial score (nSPS) is 29.4. The number of amides is 1. The first kappa shape index (κ1) is 21.0. The van der Waals surface area contributed by atoms with Crippen LogP contribution in [0.2, 0.25) is 0 Å². The number of benzene rings is 1. The molecule has 1 saturated carbocycles. The summed E-state index contributed by atoms with van der Waals surface area (Å²) in [5.74, 6) is 0.181. The van der Waals surface area contributed by atoms with E-state index in [4.69, 9.17) is 4.74 Å². The highest BCUT2D eigenvalue weighted by Gasteiger charge is 2.51. The number of rotatable bonds is 5. The molecular formula is C21H28F3NO3. The zero-order chi connectivity index (χ0) is 20.6. The van der Waals surface area contributed by atoms with Crippen LogP contribution in [0, 0.1) is 5.41 Å². The van der Waals surface area contributed by atoms with Crippen molar-refractivity contribution in [3.8, 4) is 5.75 Å². The summed E-state index contributed by atoms with van der Waals surface area (Å²) in [6.07, 6.45) is -1.23. The summed E-state index contributed by atoms with van der Waals surface area (Å²) in [7, 11) is 0. The number of hydrogen-bond donors (Lipinski definition) is 1. The molecule has 1 aromatic carbocycles. The molecule has 1 amide bonds. The lowest BCUT2D eigenvalue weighted by Crippen LogP contribution is -2.43. The first-order chi connectivity index (χ1) is 13.1. The fourth-order valence-corrected chi connectivity index (χ4v) is 4.42. The molecule has 1 aliphatic carbocycles. The van der Waals surface area contributed by atoms with Crippen LogP contribution >= 0.6 is 0 Å². The third-order valence-electron chi connectivity index (χ3n) is 6.29. The van der Waals surface area contributed by atoms with Crippen LogP contribution in [-0.4, -0.2) is 35.4 Å². The Morgan fingerprint density at radius 3 is 2.29 bits per heavy atom. The van der Waals surface area contributed by atoms with Gasteiger partial charge in [-0.1, -0.05) is 13.3 Å². The second-order valence-corrected chi connectivity index (χ2v) is 8.26. The van der Waals surface area contributed by atoms with Crippen LogP contribution in [0.3, 0.4) is 0 Å². The Balaban J connectivity index is 1.65. The zero-order valence-electron chi connectivity index (χ0n) is 16.4. The molecule has 1 aromatic rings. The molecule has 0 bridgehead atoms. The van der Waals surface area contributed by atoms with Crippen molar-refractivity contribution in [3.63, 3.8) is 0 Å². The van der Waals surface area contributed by atoms with Gasteiger partial charge in [-0.25, -0.2) is 0 Å². The van der Waals surface area contributed by atoms with Gasteiger partial charge >= 0.3 is 6.18 Å². The number of carbonyl (C=O) groups excluding carboxylic acids is 1. The van der Waals surface area contributed by atoms with Crippen molar-refractivity contribution in [2.24, 2.45) is 5.41 Å². The molecule has 1 N–H and O–H groups in total.